The van der Waals surface area contributed by atoms with Crippen LogP contribution in [-0.2, 0) is 33.6 Å². The van der Waals surface area contributed by atoms with E-state index in [0.717, 1.165) is 17.7 Å². The molecule has 1 amide bonds. The number of rotatable bonds is 7. The second-order valence-corrected chi connectivity index (χ2v) is 8.45. The Bertz CT molecular complexity index is 1220. The Hall–Kier alpha value is -3.39. The molecule has 1 unspecified atom stereocenters. The first-order chi connectivity index (χ1) is 16.5. The third kappa shape index (κ3) is 6.82. The zero-order valence-corrected chi connectivity index (χ0v) is 20.2. The van der Waals surface area contributed by atoms with E-state index in [2.05, 4.69) is 4.98 Å². The normalized spacial score (nSPS) is 12.2. The molecule has 0 aliphatic heterocycles. The first-order valence-electron chi connectivity index (χ1n) is 10.8. The highest BCUT2D eigenvalue weighted by atomic mass is 35.5. The van der Waals surface area contributed by atoms with Gasteiger partial charge in [0, 0.05) is 44.3 Å². The maximum atomic E-state index is 13.5. The van der Waals surface area contributed by atoms with Gasteiger partial charge in [0.1, 0.15) is 11.3 Å². The van der Waals surface area contributed by atoms with Gasteiger partial charge in [-0.1, -0.05) is 48.0 Å². The summed E-state index contributed by atoms with van der Waals surface area (Å²) in [6.07, 6.45) is -3.76. The molecule has 0 spiro atoms. The molecule has 3 rings (SSSR count). The van der Waals surface area contributed by atoms with E-state index in [9.17, 15) is 22.8 Å². The van der Waals surface area contributed by atoms with Crippen LogP contribution in [0.3, 0.4) is 0 Å². The van der Waals surface area contributed by atoms with Gasteiger partial charge in [0.05, 0.1) is 5.56 Å². The molecule has 5 nitrogen and oxygen atoms in total. The Morgan fingerprint density at radius 2 is 1.71 bits per heavy atom. The topological polar surface area (TPSA) is 59.5 Å². The third-order valence-electron chi connectivity index (χ3n) is 5.42. The number of hydrogen-bond acceptors (Lipinski definition) is 4. The van der Waals surface area contributed by atoms with E-state index >= 15 is 0 Å². The average molecular weight is 505 g/mol. The predicted molar refractivity (Wildman–Crippen MR) is 126 cm³/mol. The highest BCUT2D eigenvalue weighted by molar-refractivity contribution is 6.32. The molecule has 0 aliphatic rings. The number of ether oxygens (including phenoxy) is 1. The fraction of sp³-hybridized carbons (Fsp3) is 0.269. The minimum Gasteiger partial charge on any atom is -0.458 e. The van der Waals surface area contributed by atoms with Crippen LogP contribution in [0.25, 0.3) is 11.1 Å². The standard InChI is InChI=1S/C26H24ClF3N2O3/c1-16(35-18(3)34)20-12-24(25(27)31-13-20)23-10-9-22(26(28,29)30)11-21(23)15-32(17(2)33)14-19-7-5-4-6-8-19/h4-13,16H,14-15H2,1-3H3. The molecule has 3 aromatic rings. The molecule has 184 valence electrons. The molecule has 0 radical (unpaired) electrons. The van der Waals surface area contributed by atoms with Crippen LogP contribution in [0.4, 0.5) is 13.2 Å². The number of aromatic nitrogens is 1. The zero-order valence-electron chi connectivity index (χ0n) is 19.4. The van der Waals surface area contributed by atoms with E-state index in [1.807, 2.05) is 30.3 Å². The highest BCUT2D eigenvalue weighted by Crippen LogP contribution is 2.37. The quantitative estimate of drug-likeness (QED) is 0.269. The van der Waals surface area contributed by atoms with E-state index in [-0.39, 0.29) is 29.7 Å². The third-order valence-corrected chi connectivity index (χ3v) is 5.72. The number of nitrogens with zero attached hydrogens (tertiary/aromatic N) is 2. The van der Waals surface area contributed by atoms with Crippen molar-refractivity contribution in [2.75, 3.05) is 0 Å². The lowest BCUT2D eigenvalue weighted by atomic mass is 9.96. The molecule has 35 heavy (non-hydrogen) atoms. The van der Waals surface area contributed by atoms with Gasteiger partial charge >= 0.3 is 12.1 Å². The van der Waals surface area contributed by atoms with Gasteiger partial charge in [-0.2, -0.15) is 13.2 Å². The lowest BCUT2D eigenvalue weighted by molar-refractivity contribution is -0.145. The number of amides is 1. The van der Waals surface area contributed by atoms with Gasteiger partial charge in [-0.25, -0.2) is 4.98 Å². The summed E-state index contributed by atoms with van der Waals surface area (Å²) in [6.45, 7) is 4.44. The van der Waals surface area contributed by atoms with E-state index in [1.54, 1.807) is 13.0 Å². The highest BCUT2D eigenvalue weighted by Gasteiger charge is 2.31. The Balaban J connectivity index is 2.09. The van der Waals surface area contributed by atoms with E-state index in [1.165, 1.54) is 31.0 Å². The Morgan fingerprint density at radius 1 is 1.03 bits per heavy atom. The van der Waals surface area contributed by atoms with Crippen molar-refractivity contribution in [1.29, 1.82) is 0 Å². The number of halogens is 4. The number of hydrogen-bond donors (Lipinski definition) is 0. The second kappa shape index (κ2) is 10.9. The van der Waals surface area contributed by atoms with Crippen molar-refractivity contribution >= 4 is 23.5 Å². The van der Waals surface area contributed by atoms with Crippen molar-refractivity contribution in [2.24, 2.45) is 0 Å². The Labute approximate surface area is 206 Å². The molecule has 0 aliphatic carbocycles. The SMILES string of the molecule is CC(=O)OC(C)c1cnc(Cl)c(-c2ccc(C(F)(F)F)cc2CN(Cc2ccccc2)C(C)=O)c1. The van der Waals surface area contributed by atoms with Gasteiger partial charge in [0.15, 0.2) is 0 Å². The summed E-state index contributed by atoms with van der Waals surface area (Å²) in [5, 5.41) is 0.0715. The van der Waals surface area contributed by atoms with Crippen LogP contribution in [0, 0.1) is 0 Å². The predicted octanol–water partition coefficient (Wildman–Crippen LogP) is 6.59. The van der Waals surface area contributed by atoms with Crippen molar-refractivity contribution in [3.8, 4) is 11.1 Å². The number of benzene rings is 2. The number of carbonyl (C=O) groups excluding carboxylic acids is 2. The zero-order chi connectivity index (χ0) is 25.8. The maximum absolute atomic E-state index is 13.5. The summed E-state index contributed by atoms with van der Waals surface area (Å²) in [5.41, 5.74) is 1.55. The smallest absolute Gasteiger partial charge is 0.416 e. The molecular weight excluding hydrogens is 481 g/mol. The van der Waals surface area contributed by atoms with E-state index in [4.69, 9.17) is 16.3 Å². The summed E-state index contributed by atoms with van der Waals surface area (Å²) in [6, 6.07) is 14.1. The van der Waals surface area contributed by atoms with Crippen molar-refractivity contribution in [3.63, 3.8) is 0 Å². The van der Waals surface area contributed by atoms with Crippen LogP contribution in [0.1, 0.15) is 49.1 Å². The van der Waals surface area contributed by atoms with E-state index in [0.29, 0.717) is 16.7 Å². The Kier molecular flexibility index (Phi) is 8.17. The van der Waals surface area contributed by atoms with Gasteiger partial charge in [-0.3, -0.25) is 9.59 Å². The lowest BCUT2D eigenvalue weighted by Crippen LogP contribution is -2.28. The molecule has 1 atom stereocenters. The van der Waals surface area contributed by atoms with Gasteiger partial charge in [-0.15, -0.1) is 0 Å². The summed E-state index contributed by atoms with van der Waals surface area (Å²) in [4.78, 5) is 29.4. The minimum atomic E-state index is -4.57. The molecule has 9 heteroatoms. The molecule has 1 aromatic heterocycles. The van der Waals surface area contributed by atoms with Crippen molar-refractivity contribution in [2.45, 2.75) is 46.1 Å². The molecule has 0 saturated heterocycles. The second-order valence-electron chi connectivity index (χ2n) is 8.09. The summed E-state index contributed by atoms with van der Waals surface area (Å²) < 4.78 is 45.8. The lowest BCUT2D eigenvalue weighted by Gasteiger charge is -2.24. The van der Waals surface area contributed by atoms with Crippen LogP contribution in [0.5, 0.6) is 0 Å². The van der Waals surface area contributed by atoms with Crippen molar-refractivity contribution < 1.29 is 27.5 Å². The minimum absolute atomic E-state index is 0.0715. The summed E-state index contributed by atoms with van der Waals surface area (Å²) in [7, 11) is 0. The molecule has 2 aromatic carbocycles. The van der Waals surface area contributed by atoms with Crippen LogP contribution in [0.15, 0.2) is 60.8 Å². The molecule has 1 heterocycles. The van der Waals surface area contributed by atoms with Crippen LogP contribution < -0.4 is 0 Å². The first-order valence-corrected chi connectivity index (χ1v) is 11.2. The van der Waals surface area contributed by atoms with E-state index < -0.39 is 23.8 Å². The monoisotopic (exact) mass is 504 g/mol. The molecule has 0 saturated carbocycles. The van der Waals surface area contributed by atoms with Gasteiger partial charge in [-0.05, 0) is 41.8 Å². The maximum Gasteiger partial charge on any atom is 0.416 e. The van der Waals surface area contributed by atoms with Gasteiger partial charge in [0.2, 0.25) is 5.91 Å². The number of alkyl halides is 3. The molecule has 0 bridgehead atoms. The fourth-order valence-corrected chi connectivity index (χ4v) is 3.85. The summed E-state index contributed by atoms with van der Waals surface area (Å²) >= 11 is 6.35. The molecular formula is C26H24ClF3N2O3. The van der Waals surface area contributed by atoms with Crippen LogP contribution >= 0.6 is 11.6 Å². The van der Waals surface area contributed by atoms with Crippen molar-refractivity contribution in [1.82, 2.24) is 9.88 Å². The molecule has 0 fully saturated rings. The average Bonchev–Trinajstić information content (AvgIpc) is 2.78. The number of esters is 1. The van der Waals surface area contributed by atoms with Gasteiger partial charge in [0.25, 0.3) is 0 Å². The van der Waals surface area contributed by atoms with Gasteiger partial charge < -0.3 is 9.64 Å². The van der Waals surface area contributed by atoms with Crippen molar-refractivity contribution in [3.05, 3.63) is 88.2 Å². The largest absolute Gasteiger partial charge is 0.458 e. The fourth-order valence-electron chi connectivity index (χ4n) is 3.64. The first kappa shape index (κ1) is 26.2. The number of carbonyl (C=O) groups is 2. The molecule has 0 N–H and O–H groups in total. The van der Waals surface area contributed by atoms with Crippen LogP contribution in [-0.4, -0.2) is 21.8 Å². The number of pyridine rings is 1. The Morgan fingerprint density at radius 3 is 2.31 bits per heavy atom. The van der Waals surface area contributed by atoms with Crippen LogP contribution in [0.2, 0.25) is 5.15 Å². The summed E-state index contributed by atoms with van der Waals surface area (Å²) in [5.74, 6) is -0.777.